The number of hydrogen-bond donors (Lipinski definition) is 0. The molecule has 1 unspecified atom stereocenters. The molecule has 0 saturated heterocycles. The van der Waals surface area contributed by atoms with E-state index in [2.05, 4.69) is 188 Å². The fraction of sp³-hybridized carbons (Fsp3) is 0.0189. The van der Waals surface area contributed by atoms with Crippen molar-refractivity contribution in [2.75, 3.05) is 0 Å². The largest absolute Gasteiger partial charge is 0.228 e. The molecule has 1 spiro atoms. The molecule has 0 aliphatic heterocycles. The van der Waals surface area contributed by atoms with Crippen LogP contribution in [0.25, 0.3) is 87.5 Å². The van der Waals surface area contributed by atoms with E-state index in [1.54, 1.807) is 0 Å². The highest BCUT2D eigenvalue weighted by atomic mass is 32.1. The van der Waals surface area contributed by atoms with E-state index < -0.39 is 5.41 Å². The molecule has 2 nitrogen and oxygen atoms in total. The summed E-state index contributed by atoms with van der Waals surface area (Å²) in [5.74, 6) is 0.718. The highest BCUT2D eigenvalue weighted by molar-refractivity contribution is 7.22. The molecule has 0 saturated carbocycles. The Morgan fingerprint density at radius 1 is 0.375 bits per heavy atom. The lowest BCUT2D eigenvalue weighted by Crippen LogP contribution is -2.26. The van der Waals surface area contributed by atoms with Crippen molar-refractivity contribution < 1.29 is 0 Å². The molecule has 2 heterocycles. The average Bonchev–Trinajstić information content (AvgIpc) is 3.90. The Kier molecular flexibility index (Phi) is 6.75. The van der Waals surface area contributed by atoms with Gasteiger partial charge in [-0.05, 0) is 84.4 Å². The lowest BCUT2D eigenvalue weighted by atomic mass is 9.68. The molecule has 10 aromatic rings. The van der Waals surface area contributed by atoms with Crippen LogP contribution in [-0.2, 0) is 5.41 Å². The van der Waals surface area contributed by atoms with Gasteiger partial charge in [0.25, 0.3) is 0 Å². The Balaban J connectivity index is 1.05. The second-order valence-corrected chi connectivity index (χ2v) is 15.9. The molecule has 0 bridgehead atoms. The van der Waals surface area contributed by atoms with Crippen molar-refractivity contribution in [3.05, 3.63) is 216 Å². The topological polar surface area (TPSA) is 25.8 Å². The smallest absolute Gasteiger partial charge is 0.160 e. The third kappa shape index (κ3) is 4.43. The molecule has 0 amide bonds. The van der Waals surface area contributed by atoms with Crippen LogP contribution >= 0.6 is 11.3 Å². The number of nitrogens with zero attached hydrogens (tertiary/aromatic N) is 2. The van der Waals surface area contributed by atoms with Gasteiger partial charge >= 0.3 is 0 Å². The number of rotatable bonds is 4. The van der Waals surface area contributed by atoms with E-state index >= 15 is 0 Å². The predicted octanol–water partition coefficient (Wildman–Crippen LogP) is 13.9. The highest BCUT2D eigenvalue weighted by Gasteiger charge is 2.54. The summed E-state index contributed by atoms with van der Waals surface area (Å²) >= 11 is 1.93. The zero-order chi connectivity index (χ0) is 36.8. The van der Waals surface area contributed by atoms with Gasteiger partial charge in [-0.3, -0.25) is 0 Å². The first-order chi connectivity index (χ1) is 27.8. The number of aromatic nitrogens is 2. The summed E-state index contributed by atoms with van der Waals surface area (Å²) in [6.07, 6.45) is 0. The van der Waals surface area contributed by atoms with Gasteiger partial charge in [0, 0.05) is 26.3 Å². The molecule has 0 fully saturated rings. The van der Waals surface area contributed by atoms with E-state index in [-0.39, 0.29) is 0 Å². The average molecular weight is 729 g/mol. The quantitative estimate of drug-likeness (QED) is 0.180. The van der Waals surface area contributed by atoms with Gasteiger partial charge in [-0.1, -0.05) is 176 Å². The molecule has 0 radical (unpaired) electrons. The van der Waals surface area contributed by atoms with Gasteiger partial charge in [0.1, 0.15) is 0 Å². The maximum Gasteiger partial charge on any atom is 0.160 e. The summed E-state index contributed by atoms with van der Waals surface area (Å²) < 4.78 is 1.34. The Labute approximate surface area is 329 Å². The summed E-state index contributed by atoms with van der Waals surface area (Å²) in [7, 11) is 0. The molecule has 8 aromatic carbocycles. The Morgan fingerprint density at radius 3 is 1.79 bits per heavy atom. The van der Waals surface area contributed by atoms with Gasteiger partial charge < -0.3 is 0 Å². The highest BCUT2D eigenvalue weighted by Crippen LogP contribution is 2.67. The zero-order valence-corrected chi connectivity index (χ0v) is 31.1. The van der Waals surface area contributed by atoms with Crippen molar-refractivity contribution in [3.8, 4) is 66.6 Å². The summed E-state index contributed by atoms with van der Waals surface area (Å²) in [4.78, 5) is 11.7. The van der Waals surface area contributed by atoms with E-state index in [9.17, 15) is 0 Å². The second kappa shape index (κ2) is 12.0. The number of thiophene rings is 1. The molecule has 2 aliphatic rings. The standard InChI is InChI=1S/C53H32N2S/c1-2-14-35(15-3-1)46-32-47(55-52(54-46)38-30-25-33-13-4-5-16-37(33)31-38)36-28-26-34(27-29-36)39-20-12-21-41-40-17-6-9-22-44(40)53(49(39)41)45-23-10-7-18-42(45)51-50(53)43-19-8-11-24-48(43)56-51/h1-32H. The molecule has 2 aromatic heterocycles. The van der Waals surface area contributed by atoms with Crippen LogP contribution in [0.5, 0.6) is 0 Å². The first kappa shape index (κ1) is 31.4. The van der Waals surface area contributed by atoms with E-state index in [1.807, 2.05) is 17.4 Å². The van der Waals surface area contributed by atoms with E-state index in [1.165, 1.54) is 75.8 Å². The van der Waals surface area contributed by atoms with E-state index in [0.717, 1.165) is 33.9 Å². The van der Waals surface area contributed by atoms with E-state index in [4.69, 9.17) is 9.97 Å². The van der Waals surface area contributed by atoms with Gasteiger partial charge in [0.15, 0.2) is 5.82 Å². The molecule has 56 heavy (non-hydrogen) atoms. The van der Waals surface area contributed by atoms with Gasteiger partial charge in [-0.15, -0.1) is 11.3 Å². The van der Waals surface area contributed by atoms with Crippen LogP contribution in [-0.4, -0.2) is 9.97 Å². The number of benzene rings is 8. The Bertz CT molecular complexity index is 3200. The second-order valence-electron chi connectivity index (χ2n) is 14.8. The van der Waals surface area contributed by atoms with Crippen LogP contribution < -0.4 is 0 Å². The first-order valence-electron chi connectivity index (χ1n) is 19.2. The number of fused-ring (bicyclic) bond motifs is 13. The van der Waals surface area contributed by atoms with Crippen molar-refractivity contribution in [1.29, 1.82) is 0 Å². The molecular weight excluding hydrogens is 697 g/mol. The molecule has 3 heteroatoms. The summed E-state index contributed by atoms with van der Waals surface area (Å²) in [5, 5.41) is 3.72. The van der Waals surface area contributed by atoms with Crippen LogP contribution in [0.15, 0.2) is 194 Å². The van der Waals surface area contributed by atoms with Crippen LogP contribution in [0, 0.1) is 0 Å². The minimum Gasteiger partial charge on any atom is -0.228 e. The third-order valence-corrected chi connectivity index (χ3v) is 13.1. The molecule has 0 N–H and O–H groups in total. The van der Waals surface area contributed by atoms with Crippen LogP contribution in [0.1, 0.15) is 22.3 Å². The van der Waals surface area contributed by atoms with Crippen molar-refractivity contribution in [2.24, 2.45) is 0 Å². The predicted molar refractivity (Wildman–Crippen MR) is 233 cm³/mol. The van der Waals surface area contributed by atoms with Crippen LogP contribution in [0.3, 0.4) is 0 Å². The van der Waals surface area contributed by atoms with Gasteiger partial charge in [0.2, 0.25) is 0 Å². The normalized spacial score (nSPS) is 14.9. The Morgan fingerprint density at radius 2 is 0.964 bits per heavy atom. The van der Waals surface area contributed by atoms with Crippen LogP contribution in [0.2, 0.25) is 0 Å². The van der Waals surface area contributed by atoms with Crippen molar-refractivity contribution in [2.45, 2.75) is 5.41 Å². The van der Waals surface area contributed by atoms with Gasteiger partial charge in [0.05, 0.1) is 16.8 Å². The molecular formula is C53H32N2S. The summed E-state index contributed by atoms with van der Waals surface area (Å²) in [6, 6.07) is 70.6. The van der Waals surface area contributed by atoms with Crippen molar-refractivity contribution in [3.63, 3.8) is 0 Å². The first-order valence-corrected chi connectivity index (χ1v) is 20.0. The van der Waals surface area contributed by atoms with Crippen molar-refractivity contribution >= 4 is 32.2 Å². The van der Waals surface area contributed by atoms with Gasteiger partial charge in [-0.25, -0.2) is 9.97 Å². The maximum absolute atomic E-state index is 5.21. The minimum absolute atomic E-state index is 0.432. The maximum atomic E-state index is 5.21. The molecule has 260 valence electrons. The number of hydrogen-bond acceptors (Lipinski definition) is 3. The molecule has 12 rings (SSSR count). The lowest BCUT2D eigenvalue weighted by Gasteiger charge is -2.32. The minimum atomic E-state index is -0.432. The fourth-order valence-electron chi connectivity index (χ4n) is 9.52. The van der Waals surface area contributed by atoms with E-state index in [0.29, 0.717) is 0 Å². The Hall–Kier alpha value is -6.94. The SMILES string of the molecule is c1ccc(-c2cc(-c3ccc(-c4cccc5c4C4(c6ccccc6-5)c5ccccc5-c5sc6ccccc6c54)cc3)nc(-c3ccc4ccccc4c3)n2)cc1. The molecule has 2 aliphatic carbocycles. The summed E-state index contributed by atoms with van der Waals surface area (Å²) in [6.45, 7) is 0. The molecule has 1 atom stereocenters. The van der Waals surface area contributed by atoms with Gasteiger partial charge in [-0.2, -0.15) is 0 Å². The zero-order valence-electron chi connectivity index (χ0n) is 30.3. The monoisotopic (exact) mass is 728 g/mol. The van der Waals surface area contributed by atoms with Crippen molar-refractivity contribution in [1.82, 2.24) is 9.97 Å². The summed E-state index contributed by atoms with van der Waals surface area (Å²) in [5.41, 5.74) is 16.4. The third-order valence-electron chi connectivity index (χ3n) is 11.9. The fourth-order valence-corrected chi connectivity index (χ4v) is 10.8. The van der Waals surface area contributed by atoms with Crippen LogP contribution in [0.4, 0.5) is 0 Å². The lowest BCUT2D eigenvalue weighted by molar-refractivity contribution is 0.804.